The van der Waals surface area contributed by atoms with Crippen LogP contribution in [0.1, 0.15) is 27.2 Å². The lowest BCUT2D eigenvalue weighted by molar-refractivity contribution is -0.120. The monoisotopic (exact) mass is 388 g/mol. The molecular formula is C14H18BrFN4O3. The number of halogens is 2. The number of likely N-dealkylation sites (tertiary alicyclic amines) is 1. The number of carbonyl (C=O) groups excluding carboxylic acids is 2. The fourth-order valence-corrected chi connectivity index (χ4v) is 2.48. The van der Waals surface area contributed by atoms with Gasteiger partial charge < -0.3 is 10.1 Å². The number of anilines is 1. The first-order chi connectivity index (χ1) is 10.7. The van der Waals surface area contributed by atoms with Crippen molar-refractivity contribution in [3.05, 3.63) is 17.0 Å². The van der Waals surface area contributed by atoms with Crippen LogP contribution >= 0.6 is 15.9 Å². The highest BCUT2D eigenvalue weighted by molar-refractivity contribution is 9.10. The minimum atomic E-state index is -1.27. The number of alkyl halides is 1. The Balaban J connectivity index is 2.09. The average molecular weight is 389 g/mol. The molecule has 1 saturated heterocycles. The molecule has 1 N–H and O–H groups in total. The van der Waals surface area contributed by atoms with Gasteiger partial charge in [-0.2, -0.15) is 0 Å². The molecule has 126 valence electrons. The Hall–Kier alpha value is -1.77. The summed E-state index contributed by atoms with van der Waals surface area (Å²) < 4.78 is 19.4. The highest BCUT2D eigenvalue weighted by Crippen LogP contribution is 2.24. The van der Waals surface area contributed by atoms with Gasteiger partial charge in [0.05, 0.1) is 18.9 Å². The van der Waals surface area contributed by atoms with Gasteiger partial charge in [0.2, 0.25) is 5.91 Å². The quantitative estimate of drug-likeness (QED) is 0.841. The van der Waals surface area contributed by atoms with E-state index in [0.717, 1.165) is 4.90 Å². The van der Waals surface area contributed by atoms with Crippen LogP contribution in [0.4, 0.5) is 15.0 Å². The summed E-state index contributed by atoms with van der Waals surface area (Å²) in [5, 5.41) is 2.53. The fraction of sp³-hybridized carbons (Fsp3) is 0.571. The van der Waals surface area contributed by atoms with Crippen LogP contribution in [-0.2, 0) is 9.53 Å². The molecule has 2 amide bonds. The van der Waals surface area contributed by atoms with Crippen LogP contribution in [0.5, 0.6) is 0 Å². The molecule has 2 heterocycles. The van der Waals surface area contributed by atoms with Gasteiger partial charge in [0.1, 0.15) is 22.4 Å². The summed E-state index contributed by atoms with van der Waals surface area (Å²) in [6.07, 6.45) is 0.773. The molecule has 9 heteroatoms. The van der Waals surface area contributed by atoms with E-state index in [1.54, 1.807) is 20.8 Å². The standard InChI is InChI=1S/C14H18BrFN4O3/c1-14(2,3)23-13(22)20-7-8(16)4-9(20)12(21)19-11-6-17-5-10(15)18-11/h5-6,8-9H,4,7H2,1-3H3,(H,18,19,21)/t8-,9-/m1/s1. The first kappa shape index (κ1) is 17.6. The van der Waals surface area contributed by atoms with E-state index in [1.165, 1.54) is 12.4 Å². The molecule has 1 aromatic rings. The molecule has 0 aliphatic carbocycles. The SMILES string of the molecule is CC(C)(C)OC(=O)N1C[C@H](F)C[C@@H]1C(=O)Nc1cncc(Br)n1. The van der Waals surface area contributed by atoms with Crippen LogP contribution in [-0.4, -0.2) is 51.2 Å². The van der Waals surface area contributed by atoms with E-state index in [2.05, 4.69) is 31.2 Å². The molecule has 2 atom stereocenters. The van der Waals surface area contributed by atoms with E-state index >= 15 is 0 Å². The molecular weight excluding hydrogens is 371 g/mol. The number of ether oxygens (including phenoxy) is 1. The first-order valence-corrected chi connectivity index (χ1v) is 7.87. The van der Waals surface area contributed by atoms with Gasteiger partial charge in [-0.3, -0.25) is 14.7 Å². The first-order valence-electron chi connectivity index (χ1n) is 7.08. The minimum Gasteiger partial charge on any atom is -0.444 e. The van der Waals surface area contributed by atoms with Gasteiger partial charge >= 0.3 is 6.09 Å². The Bertz CT molecular complexity index is 608. The lowest BCUT2D eigenvalue weighted by Gasteiger charge is -2.27. The van der Waals surface area contributed by atoms with Gasteiger partial charge in [0.15, 0.2) is 5.82 Å². The maximum atomic E-state index is 13.7. The largest absolute Gasteiger partial charge is 0.444 e. The predicted molar refractivity (Wildman–Crippen MR) is 84.6 cm³/mol. The van der Waals surface area contributed by atoms with Crippen molar-refractivity contribution in [2.24, 2.45) is 0 Å². The molecule has 1 aliphatic rings. The number of amides is 2. The van der Waals surface area contributed by atoms with Gasteiger partial charge in [0, 0.05) is 6.42 Å². The second-order valence-electron chi connectivity index (χ2n) is 6.20. The zero-order valence-corrected chi connectivity index (χ0v) is 14.6. The van der Waals surface area contributed by atoms with Crippen molar-refractivity contribution < 1.29 is 18.7 Å². The molecule has 0 bridgehead atoms. The number of nitrogens with one attached hydrogen (secondary N) is 1. The zero-order chi connectivity index (χ0) is 17.2. The van der Waals surface area contributed by atoms with Gasteiger partial charge in [0.25, 0.3) is 0 Å². The van der Waals surface area contributed by atoms with E-state index in [9.17, 15) is 14.0 Å². The molecule has 0 radical (unpaired) electrons. The molecule has 2 rings (SSSR count). The summed E-state index contributed by atoms with van der Waals surface area (Å²) in [6.45, 7) is 4.96. The summed E-state index contributed by atoms with van der Waals surface area (Å²) in [5.41, 5.74) is -0.720. The normalized spacial score (nSPS) is 21.2. The molecule has 0 unspecified atom stereocenters. The van der Waals surface area contributed by atoms with Crippen LogP contribution in [0.2, 0.25) is 0 Å². The Morgan fingerprint density at radius 3 is 2.74 bits per heavy atom. The molecule has 0 saturated carbocycles. The van der Waals surface area contributed by atoms with E-state index in [1.807, 2.05) is 0 Å². The Kier molecular flexibility index (Phi) is 5.18. The second kappa shape index (κ2) is 6.77. The number of hydrogen-bond acceptors (Lipinski definition) is 5. The number of carbonyl (C=O) groups is 2. The Morgan fingerprint density at radius 1 is 1.43 bits per heavy atom. The van der Waals surface area contributed by atoms with E-state index in [-0.39, 0.29) is 18.8 Å². The van der Waals surface area contributed by atoms with Gasteiger partial charge in [-0.25, -0.2) is 14.2 Å². The van der Waals surface area contributed by atoms with Crippen molar-refractivity contribution in [1.29, 1.82) is 0 Å². The highest BCUT2D eigenvalue weighted by Gasteiger charge is 2.41. The molecule has 1 aliphatic heterocycles. The van der Waals surface area contributed by atoms with Crippen LogP contribution in [0.25, 0.3) is 0 Å². The van der Waals surface area contributed by atoms with Crippen LogP contribution in [0.3, 0.4) is 0 Å². The Labute approximate surface area is 141 Å². The maximum absolute atomic E-state index is 13.7. The van der Waals surface area contributed by atoms with E-state index < -0.39 is 29.8 Å². The summed E-state index contributed by atoms with van der Waals surface area (Å²) in [7, 11) is 0. The van der Waals surface area contributed by atoms with Crippen LogP contribution in [0.15, 0.2) is 17.0 Å². The molecule has 23 heavy (non-hydrogen) atoms. The molecule has 7 nitrogen and oxygen atoms in total. The third-order valence-electron chi connectivity index (χ3n) is 3.04. The van der Waals surface area contributed by atoms with Crippen molar-refractivity contribution in [3.8, 4) is 0 Å². The lowest BCUT2D eigenvalue weighted by atomic mass is 10.2. The van der Waals surface area contributed by atoms with E-state index in [0.29, 0.717) is 4.60 Å². The second-order valence-corrected chi connectivity index (χ2v) is 7.01. The molecule has 1 fully saturated rings. The van der Waals surface area contributed by atoms with E-state index in [4.69, 9.17) is 4.74 Å². The van der Waals surface area contributed by atoms with Crippen molar-refractivity contribution in [3.63, 3.8) is 0 Å². The lowest BCUT2D eigenvalue weighted by Crippen LogP contribution is -2.45. The number of nitrogens with zero attached hydrogens (tertiary/aromatic N) is 3. The van der Waals surface area contributed by atoms with Gasteiger partial charge in [-0.1, -0.05) is 0 Å². The number of hydrogen-bond donors (Lipinski definition) is 1. The maximum Gasteiger partial charge on any atom is 0.411 e. The summed E-state index contributed by atoms with van der Waals surface area (Å²) in [4.78, 5) is 33.5. The average Bonchev–Trinajstić information content (AvgIpc) is 2.79. The summed E-state index contributed by atoms with van der Waals surface area (Å²) >= 11 is 3.14. The molecule has 0 aromatic carbocycles. The fourth-order valence-electron chi connectivity index (χ4n) is 2.17. The predicted octanol–water partition coefficient (Wildman–Crippen LogP) is 2.53. The third-order valence-corrected chi connectivity index (χ3v) is 3.42. The van der Waals surface area contributed by atoms with Crippen molar-refractivity contribution in [1.82, 2.24) is 14.9 Å². The van der Waals surface area contributed by atoms with Crippen molar-refractivity contribution >= 4 is 33.7 Å². The molecule has 1 aromatic heterocycles. The van der Waals surface area contributed by atoms with Gasteiger partial charge in [-0.15, -0.1) is 0 Å². The highest BCUT2D eigenvalue weighted by atomic mass is 79.9. The topological polar surface area (TPSA) is 84.4 Å². The van der Waals surface area contributed by atoms with Crippen molar-refractivity contribution in [2.75, 3.05) is 11.9 Å². The summed E-state index contributed by atoms with van der Waals surface area (Å²) in [5.74, 6) is -0.306. The van der Waals surface area contributed by atoms with Gasteiger partial charge in [-0.05, 0) is 36.7 Å². The minimum absolute atomic E-state index is 0.0769. The van der Waals surface area contributed by atoms with Crippen LogP contribution in [0, 0.1) is 0 Å². The van der Waals surface area contributed by atoms with Crippen molar-refractivity contribution in [2.45, 2.75) is 45.0 Å². The smallest absolute Gasteiger partial charge is 0.411 e. The Morgan fingerprint density at radius 2 is 2.13 bits per heavy atom. The zero-order valence-electron chi connectivity index (χ0n) is 13.0. The molecule has 0 spiro atoms. The van der Waals surface area contributed by atoms with Crippen LogP contribution < -0.4 is 5.32 Å². The number of rotatable bonds is 2. The third kappa shape index (κ3) is 4.85. The summed E-state index contributed by atoms with van der Waals surface area (Å²) in [6, 6.07) is -0.944. The number of aromatic nitrogens is 2.